The van der Waals surface area contributed by atoms with Crippen LogP contribution in [0.1, 0.15) is 33.6 Å². The summed E-state index contributed by atoms with van der Waals surface area (Å²) in [5.41, 5.74) is 7.91. The number of nitrogens with zero attached hydrogens (tertiary/aromatic N) is 1. The molecule has 1 aromatic heterocycles. The van der Waals surface area contributed by atoms with Gasteiger partial charge in [0.05, 0.1) is 0 Å². The second-order valence-electron chi connectivity index (χ2n) is 5.64. The molecule has 0 bridgehead atoms. The Labute approximate surface area is 115 Å². The van der Waals surface area contributed by atoms with E-state index in [0.717, 1.165) is 28.1 Å². The normalized spacial score (nSPS) is 12.8. The van der Waals surface area contributed by atoms with Crippen molar-refractivity contribution in [3.05, 3.63) is 30.6 Å². The van der Waals surface area contributed by atoms with Gasteiger partial charge in [-0.3, -0.25) is 4.98 Å². The maximum absolute atomic E-state index is 5.99. The molecule has 0 radical (unpaired) electrons. The summed E-state index contributed by atoms with van der Waals surface area (Å²) in [6.07, 6.45) is 6.05. The Morgan fingerprint density at radius 1 is 1.11 bits per heavy atom. The van der Waals surface area contributed by atoms with E-state index in [-0.39, 0.29) is 0 Å². The lowest BCUT2D eigenvalue weighted by Gasteiger charge is -2.18. The van der Waals surface area contributed by atoms with Crippen molar-refractivity contribution in [2.24, 2.45) is 5.92 Å². The predicted octanol–water partition coefficient (Wildman–Crippen LogP) is 4.05. The van der Waals surface area contributed by atoms with Crippen molar-refractivity contribution in [1.29, 1.82) is 0 Å². The van der Waals surface area contributed by atoms with E-state index in [1.54, 1.807) is 0 Å². The number of pyridine rings is 1. The SMILES string of the molecule is CC(C)CCC(C)Nc1ccc(N)c2cnccc12. The van der Waals surface area contributed by atoms with Crippen molar-refractivity contribution in [3.63, 3.8) is 0 Å². The zero-order valence-electron chi connectivity index (χ0n) is 12.0. The average molecular weight is 257 g/mol. The maximum Gasteiger partial charge on any atom is 0.0424 e. The van der Waals surface area contributed by atoms with E-state index in [9.17, 15) is 0 Å². The van der Waals surface area contributed by atoms with Crippen molar-refractivity contribution in [2.75, 3.05) is 11.1 Å². The Kier molecular flexibility index (Phi) is 4.25. The molecule has 1 heterocycles. The van der Waals surface area contributed by atoms with Crippen LogP contribution < -0.4 is 11.1 Å². The number of hydrogen-bond acceptors (Lipinski definition) is 3. The third kappa shape index (κ3) is 3.37. The quantitative estimate of drug-likeness (QED) is 0.794. The Balaban J connectivity index is 2.19. The summed E-state index contributed by atoms with van der Waals surface area (Å²) in [5.74, 6) is 0.747. The van der Waals surface area contributed by atoms with Crippen LogP contribution >= 0.6 is 0 Å². The van der Waals surface area contributed by atoms with Gasteiger partial charge in [-0.15, -0.1) is 0 Å². The Hall–Kier alpha value is -1.77. The maximum atomic E-state index is 5.99. The Morgan fingerprint density at radius 3 is 2.63 bits per heavy atom. The lowest BCUT2D eigenvalue weighted by molar-refractivity contribution is 0.528. The zero-order chi connectivity index (χ0) is 13.8. The summed E-state index contributed by atoms with van der Waals surface area (Å²) in [7, 11) is 0. The first kappa shape index (κ1) is 13.7. The first-order chi connectivity index (χ1) is 9.08. The number of nitrogen functional groups attached to an aromatic ring is 1. The van der Waals surface area contributed by atoms with Crippen LogP contribution in [0.4, 0.5) is 11.4 Å². The third-order valence-electron chi connectivity index (χ3n) is 3.43. The van der Waals surface area contributed by atoms with E-state index in [4.69, 9.17) is 5.73 Å². The fourth-order valence-electron chi connectivity index (χ4n) is 2.26. The predicted molar refractivity (Wildman–Crippen MR) is 83.3 cm³/mol. The molecule has 1 aromatic carbocycles. The first-order valence-electron chi connectivity index (χ1n) is 6.96. The highest BCUT2D eigenvalue weighted by molar-refractivity contribution is 6.00. The van der Waals surface area contributed by atoms with Crippen LogP contribution in [0.15, 0.2) is 30.6 Å². The fraction of sp³-hybridized carbons (Fsp3) is 0.438. The molecule has 0 aliphatic rings. The van der Waals surface area contributed by atoms with Crippen LogP contribution in [0, 0.1) is 5.92 Å². The van der Waals surface area contributed by atoms with Gasteiger partial charge >= 0.3 is 0 Å². The molecular weight excluding hydrogens is 234 g/mol. The molecular formula is C16H23N3. The van der Waals surface area contributed by atoms with E-state index in [0.29, 0.717) is 6.04 Å². The van der Waals surface area contributed by atoms with Gasteiger partial charge in [-0.1, -0.05) is 13.8 Å². The van der Waals surface area contributed by atoms with E-state index in [1.165, 1.54) is 12.8 Å². The molecule has 102 valence electrons. The van der Waals surface area contributed by atoms with Gasteiger partial charge in [-0.2, -0.15) is 0 Å². The average Bonchev–Trinajstić information content (AvgIpc) is 2.40. The molecule has 0 fully saturated rings. The number of nitrogens with one attached hydrogen (secondary N) is 1. The van der Waals surface area contributed by atoms with Crippen LogP contribution in [0.25, 0.3) is 10.8 Å². The van der Waals surface area contributed by atoms with Gasteiger partial charge in [0, 0.05) is 40.6 Å². The van der Waals surface area contributed by atoms with E-state index in [2.05, 4.69) is 37.1 Å². The van der Waals surface area contributed by atoms with Crippen LogP contribution in [-0.2, 0) is 0 Å². The van der Waals surface area contributed by atoms with Gasteiger partial charge in [0.2, 0.25) is 0 Å². The molecule has 1 unspecified atom stereocenters. The monoisotopic (exact) mass is 257 g/mol. The third-order valence-corrected chi connectivity index (χ3v) is 3.43. The molecule has 3 heteroatoms. The minimum Gasteiger partial charge on any atom is -0.398 e. The summed E-state index contributed by atoms with van der Waals surface area (Å²) in [4.78, 5) is 4.15. The van der Waals surface area contributed by atoms with Crippen LogP contribution in [-0.4, -0.2) is 11.0 Å². The second kappa shape index (κ2) is 5.91. The van der Waals surface area contributed by atoms with Gasteiger partial charge < -0.3 is 11.1 Å². The van der Waals surface area contributed by atoms with Crippen molar-refractivity contribution >= 4 is 22.1 Å². The highest BCUT2D eigenvalue weighted by Crippen LogP contribution is 2.28. The number of nitrogens with two attached hydrogens (primary N) is 1. The Morgan fingerprint density at radius 2 is 1.89 bits per heavy atom. The van der Waals surface area contributed by atoms with Gasteiger partial charge in [-0.05, 0) is 43.9 Å². The molecule has 0 amide bonds. The number of aromatic nitrogens is 1. The molecule has 3 nitrogen and oxygen atoms in total. The van der Waals surface area contributed by atoms with Crippen molar-refractivity contribution < 1.29 is 0 Å². The lowest BCUT2D eigenvalue weighted by atomic mass is 10.0. The van der Waals surface area contributed by atoms with Crippen LogP contribution in [0.3, 0.4) is 0 Å². The fourth-order valence-corrected chi connectivity index (χ4v) is 2.26. The summed E-state index contributed by atoms with van der Waals surface area (Å²) < 4.78 is 0. The highest BCUT2D eigenvalue weighted by Gasteiger charge is 2.08. The minimum atomic E-state index is 0.461. The topological polar surface area (TPSA) is 50.9 Å². The smallest absolute Gasteiger partial charge is 0.0424 e. The summed E-state index contributed by atoms with van der Waals surface area (Å²) in [5, 5.41) is 5.75. The first-order valence-corrected chi connectivity index (χ1v) is 6.96. The summed E-state index contributed by atoms with van der Waals surface area (Å²) >= 11 is 0. The van der Waals surface area contributed by atoms with Crippen LogP contribution in [0.5, 0.6) is 0 Å². The Bertz CT molecular complexity index is 549. The molecule has 0 spiro atoms. The van der Waals surface area contributed by atoms with E-state index >= 15 is 0 Å². The van der Waals surface area contributed by atoms with Gasteiger partial charge in [-0.25, -0.2) is 0 Å². The molecule has 1 atom stereocenters. The number of benzene rings is 1. The van der Waals surface area contributed by atoms with E-state index in [1.807, 2.05) is 24.5 Å². The molecule has 0 saturated heterocycles. The summed E-state index contributed by atoms with van der Waals surface area (Å²) in [6.45, 7) is 6.75. The van der Waals surface area contributed by atoms with Crippen molar-refractivity contribution in [2.45, 2.75) is 39.7 Å². The molecule has 0 aliphatic carbocycles. The minimum absolute atomic E-state index is 0.461. The standard InChI is InChI=1S/C16H23N3/c1-11(2)4-5-12(3)19-16-7-6-15(17)14-10-18-9-8-13(14)16/h6-12,19H,4-5,17H2,1-3H3. The van der Waals surface area contributed by atoms with E-state index < -0.39 is 0 Å². The number of rotatable bonds is 5. The molecule has 19 heavy (non-hydrogen) atoms. The largest absolute Gasteiger partial charge is 0.398 e. The lowest BCUT2D eigenvalue weighted by Crippen LogP contribution is -2.16. The van der Waals surface area contributed by atoms with Crippen molar-refractivity contribution in [3.8, 4) is 0 Å². The second-order valence-corrected chi connectivity index (χ2v) is 5.64. The molecule has 0 saturated carbocycles. The highest BCUT2D eigenvalue weighted by atomic mass is 14.9. The zero-order valence-corrected chi connectivity index (χ0v) is 12.0. The number of hydrogen-bond donors (Lipinski definition) is 2. The van der Waals surface area contributed by atoms with Gasteiger partial charge in [0.25, 0.3) is 0 Å². The molecule has 2 aromatic rings. The molecule has 2 rings (SSSR count). The molecule has 3 N–H and O–H groups in total. The van der Waals surface area contributed by atoms with Gasteiger partial charge in [0.15, 0.2) is 0 Å². The number of anilines is 2. The van der Waals surface area contributed by atoms with Gasteiger partial charge in [0.1, 0.15) is 0 Å². The van der Waals surface area contributed by atoms with Crippen molar-refractivity contribution in [1.82, 2.24) is 4.98 Å². The number of fused-ring (bicyclic) bond motifs is 1. The van der Waals surface area contributed by atoms with Crippen LogP contribution in [0.2, 0.25) is 0 Å². The molecule has 0 aliphatic heterocycles. The summed E-state index contributed by atoms with van der Waals surface area (Å²) in [6, 6.07) is 6.48.